The summed E-state index contributed by atoms with van der Waals surface area (Å²) in [7, 11) is 0. The fourth-order valence-electron chi connectivity index (χ4n) is 2.48. The SMILES string of the molecule is Cc1cc(C(F)F)nn1CC(=O)Nc1ccn(Cc2c(Cl)cccc2Cl)n1. The van der Waals surface area contributed by atoms with Crippen molar-refractivity contribution in [1.29, 1.82) is 0 Å². The van der Waals surface area contributed by atoms with Crippen molar-refractivity contribution in [2.75, 3.05) is 5.32 Å². The molecule has 0 radical (unpaired) electrons. The van der Waals surface area contributed by atoms with Crippen LogP contribution in [0.25, 0.3) is 0 Å². The predicted octanol–water partition coefficient (Wildman–Crippen LogP) is 4.32. The number of hydrogen-bond donors (Lipinski definition) is 1. The smallest absolute Gasteiger partial charge is 0.282 e. The van der Waals surface area contributed by atoms with Crippen LogP contribution in [-0.2, 0) is 17.9 Å². The van der Waals surface area contributed by atoms with Crippen LogP contribution < -0.4 is 5.32 Å². The van der Waals surface area contributed by atoms with E-state index in [4.69, 9.17) is 23.2 Å². The maximum Gasteiger partial charge on any atom is 0.282 e. The van der Waals surface area contributed by atoms with Crippen molar-refractivity contribution in [3.8, 4) is 0 Å². The first-order chi connectivity index (χ1) is 12.8. The molecule has 6 nitrogen and oxygen atoms in total. The Balaban J connectivity index is 1.64. The van der Waals surface area contributed by atoms with Gasteiger partial charge in [-0.1, -0.05) is 29.3 Å². The number of amides is 1. The number of aryl methyl sites for hydroxylation is 1. The molecule has 10 heteroatoms. The van der Waals surface area contributed by atoms with Crippen molar-refractivity contribution >= 4 is 34.9 Å². The molecule has 0 saturated carbocycles. The highest BCUT2D eigenvalue weighted by Crippen LogP contribution is 2.25. The maximum atomic E-state index is 12.7. The number of aromatic nitrogens is 4. The summed E-state index contributed by atoms with van der Waals surface area (Å²) in [5, 5.41) is 11.6. The van der Waals surface area contributed by atoms with Crippen molar-refractivity contribution in [3.63, 3.8) is 0 Å². The zero-order valence-corrected chi connectivity index (χ0v) is 15.7. The molecule has 1 N–H and O–H groups in total. The highest BCUT2D eigenvalue weighted by Gasteiger charge is 2.15. The minimum atomic E-state index is -2.68. The number of halogens is 4. The van der Waals surface area contributed by atoms with Crippen molar-refractivity contribution in [2.45, 2.75) is 26.4 Å². The Kier molecular flexibility index (Phi) is 5.76. The van der Waals surface area contributed by atoms with Crippen molar-refractivity contribution in [1.82, 2.24) is 19.6 Å². The molecule has 0 spiro atoms. The molecule has 1 aromatic carbocycles. The van der Waals surface area contributed by atoms with Gasteiger partial charge in [0, 0.05) is 33.6 Å². The van der Waals surface area contributed by atoms with E-state index in [-0.39, 0.29) is 12.2 Å². The van der Waals surface area contributed by atoms with Crippen molar-refractivity contribution in [2.24, 2.45) is 0 Å². The molecule has 2 aromatic heterocycles. The fraction of sp³-hybridized carbons (Fsp3) is 0.235. The Hall–Kier alpha value is -2.45. The average Bonchev–Trinajstić information content (AvgIpc) is 3.18. The van der Waals surface area contributed by atoms with Gasteiger partial charge in [0.05, 0.1) is 6.54 Å². The molecular weight excluding hydrogens is 399 g/mol. The van der Waals surface area contributed by atoms with E-state index in [0.717, 1.165) is 0 Å². The molecule has 0 atom stereocenters. The minimum Gasteiger partial charge on any atom is -0.308 e. The van der Waals surface area contributed by atoms with Gasteiger partial charge >= 0.3 is 0 Å². The summed E-state index contributed by atoms with van der Waals surface area (Å²) in [5.74, 6) is -0.106. The molecule has 0 saturated heterocycles. The average molecular weight is 414 g/mol. The van der Waals surface area contributed by atoms with Crippen LogP contribution in [0.5, 0.6) is 0 Å². The number of rotatable bonds is 6. The summed E-state index contributed by atoms with van der Waals surface area (Å²) in [5.41, 5.74) is 0.828. The third-order valence-electron chi connectivity index (χ3n) is 3.81. The van der Waals surface area contributed by atoms with E-state index in [1.807, 2.05) is 0 Å². The summed E-state index contributed by atoms with van der Waals surface area (Å²) in [6, 6.07) is 8.08. The molecule has 3 rings (SSSR count). The molecule has 142 valence electrons. The first kappa shape index (κ1) is 19.3. The summed E-state index contributed by atoms with van der Waals surface area (Å²) < 4.78 is 28.2. The Labute approximate surface area is 163 Å². The van der Waals surface area contributed by atoms with E-state index in [2.05, 4.69) is 15.5 Å². The minimum absolute atomic E-state index is 0.193. The Morgan fingerprint density at radius 1 is 1.22 bits per heavy atom. The molecule has 0 unspecified atom stereocenters. The first-order valence-electron chi connectivity index (χ1n) is 7.92. The van der Waals surface area contributed by atoms with E-state index >= 15 is 0 Å². The molecule has 1 amide bonds. The van der Waals surface area contributed by atoms with Gasteiger partial charge in [0.1, 0.15) is 12.2 Å². The summed E-state index contributed by atoms with van der Waals surface area (Å²) in [4.78, 5) is 12.1. The normalized spacial score (nSPS) is 11.2. The standard InChI is InChI=1S/C17H15Cl2F2N5O/c1-10-7-14(17(20)21)23-26(10)9-16(27)22-15-5-6-25(24-15)8-11-12(18)3-2-4-13(11)19/h2-7,17H,8-9H2,1H3,(H,22,24,27). The zero-order valence-electron chi connectivity index (χ0n) is 14.2. The lowest BCUT2D eigenvalue weighted by Crippen LogP contribution is -2.20. The number of benzene rings is 1. The van der Waals surface area contributed by atoms with Crippen LogP contribution in [0.2, 0.25) is 10.0 Å². The number of nitrogens with zero attached hydrogens (tertiary/aromatic N) is 4. The first-order valence-corrected chi connectivity index (χ1v) is 8.68. The van der Waals surface area contributed by atoms with Crippen LogP contribution in [0.3, 0.4) is 0 Å². The lowest BCUT2D eigenvalue weighted by Gasteiger charge is -2.07. The van der Waals surface area contributed by atoms with E-state index in [0.29, 0.717) is 33.7 Å². The summed E-state index contributed by atoms with van der Waals surface area (Å²) in [6.07, 6.45) is -1.01. The topological polar surface area (TPSA) is 64.7 Å². The number of alkyl halides is 2. The van der Waals surface area contributed by atoms with Gasteiger partial charge in [-0.15, -0.1) is 0 Å². The number of hydrogen-bond acceptors (Lipinski definition) is 3. The van der Waals surface area contributed by atoms with Gasteiger partial charge in [-0.25, -0.2) is 8.78 Å². The zero-order chi connectivity index (χ0) is 19.6. The second-order valence-corrected chi connectivity index (χ2v) is 6.63. The lowest BCUT2D eigenvalue weighted by atomic mass is 10.2. The molecule has 3 aromatic rings. The van der Waals surface area contributed by atoms with Crippen LogP contribution in [0.4, 0.5) is 14.6 Å². The molecule has 0 aliphatic carbocycles. The quantitative estimate of drug-likeness (QED) is 0.654. The number of carbonyl (C=O) groups is 1. The number of nitrogens with one attached hydrogen (secondary N) is 1. The fourth-order valence-corrected chi connectivity index (χ4v) is 3.00. The van der Waals surface area contributed by atoms with E-state index < -0.39 is 12.3 Å². The number of carbonyl (C=O) groups excluding carboxylic acids is 1. The van der Waals surface area contributed by atoms with E-state index in [9.17, 15) is 13.6 Å². The van der Waals surface area contributed by atoms with Crippen LogP contribution in [0, 0.1) is 6.92 Å². The monoisotopic (exact) mass is 413 g/mol. The Bertz CT molecular complexity index is 950. The highest BCUT2D eigenvalue weighted by atomic mass is 35.5. The predicted molar refractivity (Wildman–Crippen MR) is 98.3 cm³/mol. The third kappa shape index (κ3) is 4.64. The molecule has 27 heavy (non-hydrogen) atoms. The Morgan fingerprint density at radius 2 is 1.93 bits per heavy atom. The van der Waals surface area contributed by atoms with Gasteiger partial charge in [-0.3, -0.25) is 14.2 Å². The van der Waals surface area contributed by atoms with Crippen LogP contribution in [0.1, 0.15) is 23.4 Å². The molecule has 2 heterocycles. The molecule has 0 bridgehead atoms. The molecule has 0 aliphatic rings. The third-order valence-corrected chi connectivity index (χ3v) is 4.52. The van der Waals surface area contributed by atoms with Crippen molar-refractivity contribution in [3.05, 3.63) is 63.5 Å². The molecule has 0 aliphatic heterocycles. The van der Waals surface area contributed by atoms with Gasteiger partial charge in [-0.05, 0) is 25.1 Å². The highest BCUT2D eigenvalue weighted by molar-refractivity contribution is 6.35. The van der Waals surface area contributed by atoms with Gasteiger partial charge in [0.15, 0.2) is 5.82 Å². The van der Waals surface area contributed by atoms with Gasteiger partial charge in [-0.2, -0.15) is 10.2 Å². The number of anilines is 1. The van der Waals surface area contributed by atoms with Crippen LogP contribution in [0.15, 0.2) is 36.5 Å². The van der Waals surface area contributed by atoms with Crippen LogP contribution >= 0.6 is 23.2 Å². The van der Waals surface area contributed by atoms with Crippen molar-refractivity contribution < 1.29 is 13.6 Å². The van der Waals surface area contributed by atoms with Gasteiger partial charge in [0.2, 0.25) is 5.91 Å². The summed E-state index contributed by atoms with van der Waals surface area (Å²) >= 11 is 12.3. The lowest BCUT2D eigenvalue weighted by molar-refractivity contribution is -0.117. The summed E-state index contributed by atoms with van der Waals surface area (Å²) in [6.45, 7) is 1.75. The molecule has 0 fully saturated rings. The van der Waals surface area contributed by atoms with Crippen LogP contribution in [-0.4, -0.2) is 25.5 Å². The van der Waals surface area contributed by atoms with E-state index in [1.54, 1.807) is 42.1 Å². The molecular formula is C17H15Cl2F2N5O. The maximum absolute atomic E-state index is 12.7. The largest absolute Gasteiger partial charge is 0.308 e. The van der Waals surface area contributed by atoms with Gasteiger partial charge in [0.25, 0.3) is 6.43 Å². The van der Waals surface area contributed by atoms with E-state index in [1.165, 1.54) is 10.7 Å². The second kappa shape index (κ2) is 8.06. The van der Waals surface area contributed by atoms with Gasteiger partial charge < -0.3 is 5.32 Å². The second-order valence-electron chi connectivity index (χ2n) is 5.82. The Morgan fingerprint density at radius 3 is 2.56 bits per heavy atom.